The Kier molecular flexibility index (Phi) is 31.9. The molecule has 6 aromatic carbocycles. The fourth-order valence-corrected chi connectivity index (χ4v) is 16.4. The number of unbranched alkanes of at least 4 members (excludes halogenated alkanes) is 1. The van der Waals surface area contributed by atoms with Gasteiger partial charge in [0, 0.05) is 42.1 Å². The molecular formula is C87H107Cl2N13O28. The van der Waals surface area contributed by atoms with Crippen LogP contribution in [0.25, 0.3) is 11.1 Å². The van der Waals surface area contributed by atoms with Crippen LogP contribution in [0.1, 0.15) is 144 Å². The number of hydrogen-bond acceptors (Lipinski definition) is 30. The zero-order chi connectivity index (χ0) is 95.0. The molecule has 7 heterocycles. The van der Waals surface area contributed by atoms with Gasteiger partial charge in [-0.3, -0.25) is 47.9 Å². The van der Waals surface area contributed by atoms with Gasteiger partial charge in [0.15, 0.2) is 17.8 Å². The van der Waals surface area contributed by atoms with Crippen LogP contribution < -0.4 is 84.6 Å². The van der Waals surface area contributed by atoms with E-state index in [0.717, 1.165) is 60.7 Å². The zero-order valence-electron chi connectivity index (χ0n) is 71.5. The number of aliphatic hydroxyl groups excluding tert-OH is 6. The van der Waals surface area contributed by atoms with Crippen molar-refractivity contribution in [1.82, 2.24) is 53.2 Å². The summed E-state index contributed by atoms with van der Waals surface area (Å²) in [7, 11) is 1.33. The van der Waals surface area contributed by atoms with Crippen molar-refractivity contribution in [2.24, 2.45) is 29.0 Å². The number of carboxylic acids is 1. The van der Waals surface area contributed by atoms with Crippen molar-refractivity contribution in [3.05, 3.63) is 147 Å². The Hall–Kier alpha value is -11.8. The van der Waals surface area contributed by atoms with Crippen LogP contribution >= 0.6 is 23.2 Å². The number of nitrogens with two attached hydrogens (primary N) is 3. The first-order chi connectivity index (χ1) is 61.4. The minimum Gasteiger partial charge on any atom is -0.508 e. The number of aromatic hydroxyl groups is 4. The van der Waals surface area contributed by atoms with Crippen molar-refractivity contribution in [1.29, 1.82) is 0 Å². The summed E-state index contributed by atoms with van der Waals surface area (Å²) in [5.74, 6) is -21.6. The van der Waals surface area contributed by atoms with E-state index in [4.69, 9.17) is 68.8 Å². The Balaban J connectivity index is 1.16. The summed E-state index contributed by atoms with van der Waals surface area (Å²) >= 11 is 14.6. The predicted molar refractivity (Wildman–Crippen MR) is 459 cm³/mol. The molecule has 0 spiro atoms. The number of phenols is 4. The van der Waals surface area contributed by atoms with Gasteiger partial charge in [0.25, 0.3) is 11.8 Å². The van der Waals surface area contributed by atoms with Crippen molar-refractivity contribution in [2.75, 3.05) is 20.2 Å². The molecule has 0 unspecified atom stereocenters. The summed E-state index contributed by atoms with van der Waals surface area (Å²) in [6, 6.07) is 3.22. The van der Waals surface area contributed by atoms with Crippen LogP contribution in [0.3, 0.4) is 0 Å². The number of ether oxygens (including phenoxy) is 6. The lowest BCUT2D eigenvalue weighted by Crippen LogP contribution is -2.73. The van der Waals surface area contributed by atoms with Crippen molar-refractivity contribution < 1.29 is 137 Å². The van der Waals surface area contributed by atoms with E-state index in [1.165, 1.54) is 63.4 Å². The molecule has 2 saturated heterocycles. The highest BCUT2D eigenvalue weighted by Crippen LogP contribution is 2.50. The number of hydrogen-bond donors (Lipinski definition) is 24. The molecule has 0 radical (unpaired) electrons. The molecule has 2 fully saturated rings. The van der Waals surface area contributed by atoms with Crippen molar-refractivity contribution in [3.63, 3.8) is 0 Å². The summed E-state index contributed by atoms with van der Waals surface area (Å²) in [4.78, 5) is 170. The second kappa shape index (κ2) is 42.0. The Bertz CT molecular complexity index is 5250. The Morgan fingerprint density at radius 2 is 1.23 bits per heavy atom. The SMILES string of the molecule is CN[C@H](CC(C)C)C(=O)N[C@@]1(C(=O)N[C@@H](CCCCN)C(=O)N[C@@H](Cc2ccc(O)cc2)C(=O)N[C@@H](CC(C)C)C(=O)O)C(=O)N[C@@H](CC(N)=O)C(=O)N[C@H]2C(=O)N[C@H]3C(=O)N[C@H](C(=O)NCc4cc(O)cc(O)c4-c4cc3ccc4O)[C@H](O[C@H]3C[C@](C)(N)[C@@H](O)[C@H](C)O3)c3ccc(c(Cl)c3)Oc3cc2cc(c3O[C@@H]2O[C@H](CO)[C@@H](O)[C@H](O)[C@H]2O)Oc2ccc(cc2Cl)[C@H]1O. The molecule has 10 amide bonds. The fraction of sp³-hybridized carbons (Fsp3) is 0.460. The first-order valence-electron chi connectivity index (χ1n) is 41.8. The summed E-state index contributed by atoms with van der Waals surface area (Å²) in [5, 5.41) is 149. The molecule has 0 aliphatic carbocycles. The molecule has 0 saturated carbocycles. The Morgan fingerprint density at radius 3 is 1.84 bits per heavy atom. The Morgan fingerprint density at radius 1 is 0.631 bits per heavy atom. The highest BCUT2D eigenvalue weighted by molar-refractivity contribution is 6.32. The van der Waals surface area contributed by atoms with E-state index in [9.17, 15) is 70.6 Å². The lowest BCUT2D eigenvalue weighted by atomic mass is 9.83. The van der Waals surface area contributed by atoms with Gasteiger partial charge < -0.3 is 155 Å². The third-order valence-corrected chi connectivity index (χ3v) is 23.4. The average molecular weight is 1850 g/mol. The third kappa shape index (κ3) is 22.6. The van der Waals surface area contributed by atoms with Gasteiger partial charge in [0.1, 0.15) is 113 Å². The number of aliphatic carboxylic acids is 1. The highest BCUT2D eigenvalue weighted by atomic mass is 35.5. The second-order valence-corrected chi connectivity index (χ2v) is 34.5. The lowest BCUT2D eigenvalue weighted by Gasteiger charge is -2.44. The quantitative estimate of drug-likeness (QED) is 0.0247. The van der Waals surface area contributed by atoms with Crippen molar-refractivity contribution in [2.45, 2.75) is 220 Å². The average Bonchev–Trinajstić information content (AvgIpc) is 0.752. The number of aliphatic hydroxyl groups is 6. The number of fused-ring (bicyclic) bond motifs is 15. The van der Waals surface area contributed by atoms with E-state index in [-0.39, 0.29) is 84.1 Å². The van der Waals surface area contributed by atoms with E-state index in [2.05, 4.69) is 53.2 Å². The van der Waals surface area contributed by atoms with Crippen LogP contribution in [0.2, 0.25) is 10.0 Å². The maximum atomic E-state index is 16.6. The summed E-state index contributed by atoms with van der Waals surface area (Å²) < 4.78 is 38.6. The first kappa shape index (κ1) is 98.8. The van der Waals surface area contributed by atoms with Gasteiger partial charge in [-0.05, 0) is 171 Å². The minimum atomic E-state index is -3.71. The molecule has 6 aromatic rings. The summed E-state index contributed by atoms with van der Waals surface area (Å²) in [6.45, 7) is 8.13. The third-order valence-electron chi connectivity index (χ3n) is 22.8. The van der Waals surface area contributed by atoms with Gasteiger partial charge in [0.05, 0.1) is 41.3 Å². The topological polar surface area (TPSA) is 664 Å². The number of nitrogens with one attached hydrogen (secondary N) is 10. The molecule has 41 nitrogen and oxygen atoms in total. The standard InChI is InChI=1S/C87H107Cl2N13O28/c1-36(2)22-51(93-7)78(117)102-87(84(123)97-50(10-8-9-21-90)75(114)95-52(24-39-11-16-45(104)17-12-39)76(115)96-54(82(121)122)23-37(3)4)74(113)42-15-20-58(49(89)28-42)127-60-30-43-29-59(72(60)130-83-70(111)69(110)68(109)61(35-103)128-83)126-57-19-14-41(27-48(57)88)71(129-63-33-86(6,92)73(112)38(5)125-63)67-79(118)94-34-44-25-46(105)31-56(107)64(44)47-26-40(13-18-55(47)106)65(80(119)101-67)100-81(120)66(43)99-77(116)53(32-62(91)108)98-85(87)124/h11-20,25-31,36-38,50-54,61,63,65-71,73-74,83,93,103-107,109-113H,8-10,21-24,32-35,90,92H2,1-7H3,(H2,91,108)(H,94,118)(H,95,114)(H,96,115)(H,97,123)(H,98,124)(H,99,116)(H,100,120)(H,101,119)(H,102,117)(H,121,122)/t38-,50-,51+,52-,53-,54-,61+,63-,65+,66+,67-,68+,69-,70+,71+,73-,74+,83-,86-,87-/m0/s1. The fourth-order valence-electron chi connectivity index (χ4n) is 15.9. The van der Waals surface area contributed by atoms with E-state index in [1.54, 1.807) is 27.7 Å². The predicted octanol–water partition coefficient (Wildman–Crippen LogP) is 0.513. The van der Waals surface area contributed by atoms with Crippen LogP contribution in [0, 0.1) is 11.8 Å². The van der Waals surface area contributed by atoms with Crippen LogP contribution in [-0.4, -0.2) is 238 Å². The van der Waals surface area contributed by atoms with Crippen molar-refractivity contribution >= 4 is 88.2 Å². The molecule has 13 rings (SSSR count). The number of primary amides is 1. The number of benzene rings is 6. The van der Waals surface area contributed by atoms with Crippen LogP contribution in [-0.2, 0) is 79.9 Å². The molecule has 130 heavy (non-hydrogen) atoms. The number of amides is 10. The number of rotatable bonds is 27. The molecule has 43 heteroatoms. The van der Waals surface area contributed by atoms with Crippen molar-refractivity contribution in [3.8, 4) is 62.9 Å². The number of likely N-dealkylation sites (N-methyl/N-ethyl adjacent to an activating group) is 1. The summed E-state index contributed by atoms with van der Waals surface area (Å²) in [5.41, 5.74) is 11.6. The normalized spacial score (nSPS) is 26.1. The number of carboxylic acid groups (broad SMARTS) is 1. The zero-order valence-corrected chi connectivity index (χ0v) is 73.0. The van der Waals surface area contributed by atoms with Crippen LogP contribution in [0.4, 0.5) is 0 Å². The molecule has 7 aliphatic rings. The van der Waals surface area contributed by atoms with Gasteiger partial charge in [-0.2, -0.15) is 0 Å². The van der Waals surface area contributed by atoms with E-state index >= 15 is 38.4 Å². The number of carbonyl (C=O) groups excluding carboxylic acids is 10. The largest absolute Gasteiger partial charge is 0.508 e. The minimum absolute atomic E-state index is 0.0218. The van der Waals surface area contributed by atoms with Gasteiger partial charge >= 0.3 is 5.97 Å². The Labute approximate surface area is 754 Å². The maximum absolute atomic E-state index is 16.6. The molecule has 27 N–H and O–H groups in total. The van der Waals surface area contributed by atoms with Gasteiger partial charge in [-0.15, -0.1) is 0 Å². The van der Waals surface area contributed by atoms with Crippen LogP contribution in [0.5, 0.6) is 51.7 Å². The maximum Gasteiger partial charge on any atom is 0.326 e. The van der Waals surface area contributed by atoms with E-state index in [1.807, 2.05) is 0 Å². The highest BCUT2D eigenvalue weighted by Gasteiger charge is 2.57. The molecule has 11 bridgehead atoms. The number of carbonyl (C=O) groups is 11. The smallest absolute Gasteiger partial charge is 0.326 e. The van der Waals surface area contributed by atoms with Crippen LogP contribution in [0.15, 0.2) is 103 Å². The van der Waals surface area contributed by atoms with Gasteiger partial charge in [-0.25, -0.2) is 4.79 Å². The van der Waals surface area contributed by atoms with Gasteiger partial charge in [-0.1, -0.05) is 81.2 Å². The molecule has 20 atom stereocenters. The molecular weight excluding hydrogens is 1750 g/mol. The first-order valence-corrected chi connectivity index (χ1v) is 42.5. The van der Waals surface area contributed by atoms with E-state index < -0.39 is 285 Å². The van der Waals surface area contributed by atoms with E-state index in [0.29, 0.717) is 5.56 Å². The molecule has 0 aromatic heterocycles. The molecule has 7 aliphatic heterocycles. The number of halogens is 2. The number of phenolic OH excluding ortho intramolecular Hbond substituents is 4. The second-order valence-electron chi connectivity index (χ2n) is 33.7. The monoisotopic (exact) mass is 1850 g/mol. The van der Waals surface area contributed by atoms with Gasteiger partial charge in [0.2, 0.25) is 64.8 Å². The molecule has 702 valence electrons. The lowest BCUT2D eigenvalue weighted by molar-refractivity contribution is -0.277. The summed E-state index contributed by atoms with van der Waals surface area (Å²) in [6.07, 6.45) is -21.4.